The number of aromatic nitrogens is 3. The monoisotopic (exact) mass is 279 g/mol. The second kappa shape index (κ2) is 4.73. The number of carbonyl (C=O) groups excluding carboxylic acids is 1. The number of benzene rings is 1. The molecule has 0 radical (unpaired) electrons. The molecule has 0 spiro atoms. The highest BCUT2D eigenvalue weighted by molar-refractivity contribution is 6.99. The van der Waals surface area contributed by atoms with Crippen molar-refractivity contribution in [1.29, 1.82) is 0 Å². The first-order valence-corrected chi connectivity index (χ1v) is 5.95. The topological polar surface area (TPSA) is 78.1 Å². The molecule has 0 aliphatic heterocycles. The molecule has 8 heteroatoms. The minimum atomic E-state index is -0.609. The van der Waals surface area contributed by atoms with Gasteiger partial charge in [-0.15, -0.1) is 0 Å². The number of hydrogen-bond donors (Lipinski definition) is 0. The lowest BCUT2D eigenvalue weighted by Crippen LogP contribution is -2.05. The maximum atomic E-state index is 13.0. The third kappa shape index (κ3) is 2.43. The first kappa shape index (κ1) is 11.7. The number of carbonyl (C=O) groups is 1. The summed E-state index contributed by atoms with van der Waals surface area (Å²) in [6, 6.07) is 3.98. The van der Waals surface area contributed by atoms with E-state index in [0.717, 1.165) is 11.7 Å². The number of nitrogens with zero attached hydrogens (tertiary/aromatic N) is 3. The lowest BCUT2D eigenvalue weighted by atomic mass is 10.3. The molecule has 0 atom stereocenters. The Morgan fingerprint density at radius 3 is 3.16 bits per heavy atom. The molecule has 3 aromatic rings. The predicted octanol–water partition coefficient (Wildman–Crippen LogP) is 2.18. The van der Waals surface area contributed by atoms with Gasteiger partial charge in [0.2, 0.25) is 5.89 Å². The van der Waals surface area contributed by atoms with Crippen molar-refractivity contribution >= 4 is 28.8 Å². The standard InChI is InChI=1S/C11H6FN3O3S/c12-6-1-2-9-7(3-6)14-10(18-9)5-17-11(16)8-4-13-19-15-8/h1-4H,5H2. The number of esters is 1. The zero-order valence-corrected chi connectivity index (χ0v) is 10.2. The van der Waals surface area contributed by atoms with Gasteiger partial charge in [0.15, 0.2) is 17.9 Å². The molecular weight excluding hydrogens is 273 g/mol. The molecule has 1 aromatic carbocycles. The summed E-state index contributed by atoms with van der Waals surface area (Å²) in [5, 5.41) is 0. The molecule has 96 valence electrons. The molecule has 0 fully saturated rings. The van der Waals surface area contributed by atoms with Crippen LogP contribution in [0.4, 0.5) is 4.39 Å². The minimum Gasteiger partial charge on any atom is -0.451 e. The Kier molecular flexibility index (Phi) is 2.92. The van der Waals surface area contributed by atoms with Crippen molar-refractivity contribution in [3.63, 3.8) is 0 Å². The van der Waals surface area contributed by atoms with Crippen molar-refractivity contribution in [3.8, 4) is 0 Å². The van der Waals surface area contributed by atoms with Gasteiger partial charge in [-0.2, -0.15) is 8.75 Å². The normalized spacial score (nSPS) is 10.8. The van der Waals surface area contributed by atoms with Crippen LogP contribution in [0.1, 0.15) is 16.4 Å². The molecule has 2 aromatic heterocycles. The second-order valence-electron chi connectivity index (χ2n) is 3.59. The van der Waals surface area contributed by atoms with E-state index in [4.69, 9.17) is 9.15 Å². The minimum absolute atomic E-state index is 0.132. The molecule has 0 unspecified atom stereocenters. The van der Waals surface area contributed by atoms with Crippen LogP contribution in [0.25, 0.3) is 11.1 Å². The first-order valence-electron chi connectivity index (χ1n) is 5.22. The van der Waals surface area contributed by atoms with Crippen LogP contribution in [0.3, 0.4) is 0 Å². The number of rotatable bonds is 3. The maximum Gasteiger partial charge on any atom is 0.360 e. The third-order valence-corrected chi connectivity index (χ3v) is 2.77. The highest BCUT2D eigenvalue weighted by atomic mass is 32.1. The third-order valence-electron chi connectivity index (χ3n) is 2.29. The summed E-state index contributed by atoms with van der Waals surface area (Å²) in [5.41, 5.74) is 0.941. The van der Waals surface area contributed by atoms with Crippen LogP contribution in [0.15, 0.2) is 28.8 Å². The fourth-order valence-electron chi connectivity index (χ4n) is 1.47. The van der Waals surface area contributed by atoms with Crippen LogP contribution in [0.5, 0.6) is 0 Å². The summed E-state index contributed by atoms with van der Waals surface area (Å²) in [7, 11) is 0. The van der Waals surface area contributed by atoms with E-state index in [2.05, 4.69) is 13.7 Å². The zero-order chi connectivity index (χ0) is 13.2. The predicted molar refractivity (Wildman–Crippen MR) is 63.0 cm³/mol. The van der Waals surface area contributed by atoms with Gasteiger partial charge in [0.05, 0.1) is 17.9 Å². The second-order valence-corrected chi connectivity index (χ2v) is 4.15. The Labute approximate surface area is 110 Å². The molecule has 0 N–H and O–H groups in total. The summed E-state index contributed by atoms with van der Waals surface area (Å²) < 4.78 is 30.6. The molecule has 0 bridgehead atoms. The fourth-order valence-corrected chi connectivity index (χ4v) is 1.87. The summed E-state index contributed by atoms with van der Waals surface area (Å²) in [5.74, 6) is -0.822. The highest BCUT2D eigenvalue weighted by Gasteiger charge is 2.13. The lowest BCUT2D eigenvalue weighted by molar-refractivity contribution is 0.0434. The van der Waals surface area contributed by atoms with Crippen LogP contribution in [0, 0.1) is 5.82 Å². The molecule has 0 saturated carbocycles. The Morgan fingerprint density at radius 1 is 1.47 bits per heavy atom. The van der Waals surface area contributed by atoms with E-state index >= 15 is 0 Å². The number of halogens is 1. The van der Waals surface area contributed by atoms with Crippen molar-refractivity contribution in [2.75, 3.05) is 0 Å². The molecule has 19 heavy (non-hydrogen) atoms. The fraction of sp³-hybridized carbons (Fsp3) is 0.0909. The Balaban J connectivity index is 1.73. The maximum absolute atomic E-state index is 13.0. The van der Waals surface area contributed by atoms with Crippen molar-refractivity contribution < 1.29 is 18.3 Å². The quantitative estimate of drug-likeness (QED) is 0.684. The van der Waals surface area contributed by atoms with E-state index in [1.54, 1.807) is 0 Å². The molecule has 0 saturated heterocycles. The van der Waals surface area contributed by atoms with Gasteiger partial charge in [0.25, 0.3) is 0 Å². The van der Waals surface area contributed by atoms with Crippen molar-refractivity contribution in [2.45, 2.75) is 6.61 Å². The molecule has 3 rings (SSSR count). The van der Waals surface area contributed by atoms with Crippen molar-refractivity contribution in [2.24, 2.45) is 0 Å². The Hall–Kier alpha value is -2.35. The summed E-state index contributed by atoms with van der Waals surface area (Å²) in [4.78, 5) is 15.5. The van der Waals surface area contributed by atoms with E-state index in [9.17, 15) is 9.18 Å². The average Bonchev–Trinajstić information content (AvgIpc) is 3.04. The van der Waals surface area contributed by atoms with Gasteiger partial charge in [0, 0.05) is 6.07 Å². The van der Waals surface area contributed by atoms with Crippen LogP contribution in [-0.2, 0) is 11.3 Å². The molecular formula is C11H6FN3O3S. The van der Waals surface area contributed by atoms with Crippen molar-refractivity contribution in [1.82, 2.24) is 13.7 Å². The van der Waals surface area contributed by atoms with Gasteiger partial charge in [-0.1, -0.05) is 0 Å². The molecule has 0 aliphatic rings. The van der Waals surface area contributed by atoms with Crippen LogP contribution in [0.2, 0.25) is 0 Å². The van der Waals surface area contributed by atoms with Gasteiger partial charge in [-0.3, -0.25) is 0 Å². The number of ether oxygens (including phenoxy) is 1. The van der Waals surface area contributed by atoms with Crippen LogP contribution >= 0.6 is 11.7 Å². The largest absolute Gasteiger partial charge is 0.451 e. The summed E-state index contributed by atoms with van der Waals surface area (Å²) in [6.07, 6.45) is 1.31. The first-order chi connectivity index (χ1) is 9.22. The number of hydrogen-bond acceptors (Lipinski definition) is 7. The van der Waals surface area contributed by atoms with E-state index in [0.29, 0.717) is 11.1 Å². The highest BCUT2D eigenvalue weighted by Crippen LogP contribution is 2.17. The average molecular weight is 279 g/mol. The van der Waals surface area contributed by atoms with E-state index in [1.165, 1.54) is 24.4 Å². The van der Waals surface area contributed by atoms with E-state index < -0.39 is 11.8 Å². The van der Waals surface area contributed by atoms with Crippen LogP contribution in [-0.4, -0.2) is 19.7 Å². The van der Waals surface area contributed by atoms with Gasteiger partial charge >= 0.3 is 5.97 Å². The van der Waals surface area contributed by atoms with Gasteiger partial charge in [-0.25, -0.2) is 14.2 Å². The number of fused-ring (bicyclic) bond motifs is 1. The molecule has 6 nitrogen and oxygen atoms in total. The smallest absolute Gasteiger partial charge is 0.360 e. The molecule has 0 aliphatic carbocycles. The summed E-state index contributed by atoms with van der Waals surface area (Å²) in [6.45, 7) is -0.146. The molecule has 2 heterocycles. The summed E-state index contributed by atoms with van der Waals surface area (Å²) >= 11 is 0.913. The molecule has 0 amide bonds. The van der Waals surface area contributed by atoms with Gasteiger partial charge < -0.3 is 9.15 Å². The van der Waals surface area contributed by atoms with Gasteiger partial charge in [0.1, 0.15) is 11.3 Å². The van der Waals surface area contributed by atoms with Gasteiger partial charge in [-0.05, 0) is 12.1 Å². The van der Waals surface area contributed by atoms with E-state index in [1.807, 2.05) is 0 Å². The number of oxazole rings is 1. The van der Waals surface area contributed by atoms with Crippen LogP contribution < -0.4 is 0 Å². The lowest BCUT2D eigenvalue weighted by Gasteiger charge is -1.97. The van der Waals surface area contributed by atoms with Crippen molar-refractivity contribution in [3.05, 3.63) is 41.8 Å². The Bertz CT molecular complexity index is 726. The SMILES string of the molecule is O=C(OCc1nc2cc(F)ccc2o1)c1cnsn1. The zero-order valence-electron chi connectivity index (χ0n) is 9.37. The van der Waals surface area contributed by atoms with E-state index in [-0.39, 0.29) is 18.2 Å². The Morgan fingerprint density at radius 2 is 2.37 bits per heavy atom.